The number of nitrogens with zero attached hydrogens (tertiary/aromatic N) is 4. The lowest BCUT2D eigenvalue weighted by Gasteiger charge is -2.34. The molecule has 0 saturated carbocycles. The molecule has 2 aromatic carbocycles. The highest BCUT2D eigenvalue weighted by Crippen LogP contribution is 2.27. The van der Waals surface area contributed by atoms with E-state index >= 15 is 0 Å². The Morgan fingerprint density at radius 1 is 1.03 bits per heavy atom. The second kappa shape index (κ2) is 8.98. The summed E-state index contributed by atoms with van der Waals surface area (Å²) in [5.41, 5.74) is 2.10. The molecule has 1 aromatic heterocycles. The molecule has 1 aliphatic heterocycles. The molecule has 1 unspecified atom stereocenters. The van der Waals surface area contributed by atoms with Crippen molar-refractivity contribution in [2.45, 2.75) is 19.9 Å². The quantitative estimate of drug-likeness (QED) is 0.690. The molecule has 1 amide bonds. The summed E-state index contributed by atoms with van der Waals surface area (Å²) in [7, 11) is 0. The van der Waals surface area contributed by atoms with E-state index in [9.17, 15) is 4.79 Å². The Balaban J connectivity index is 1.57. The Labute approximate surface area is 176 Å². The SMILES string of the molecule is CCOC(=O)N1CCN(c2nc(NC(C)c3ccccc3)c3ccccc3n2)CC1. The van der Waals surface area contributed by atoms with Crippen molar-refractivity contribution in [1.82, 2.24) is 14.9 Å². The Morgan fingerprint density at radius 3 is 2.47 bits per heavy atom. The molecule has 156 valence electrons. The fourth-order valence-electron chi connectivity index (χ4n) is 3.65. The number of nitrogens with one attached hydrogen (secondary N) is 1. The maximum atomic E-state index is 12.0. The molecule has 0 spiro atoms. The van der Waals surface area contributed by atoms with Crippen molar-refractivity contribution >= 4 is 28.8 Å². The molecule has 30 heavy (non-hydrogen) atoms. The monoisotopic (exact) mass is 405 g/mol. The first-order valence-corrected chi connectivity index (χ1v) is 10.4. The number of carbonyl (C=O) groups excluding carboxylic acids is 1. The van der Waals surface area contributed by atoms with Crippen molar-refractivity contribution in [2.75, 3.05) is 43.0 Å². The summed E-state index contributed by atoms with van der Waals surface area (Å²) in [5, 5.41) is 4.56. The van der Waals surface area contributed by atoms with Gasteiger partial charge in [-0.15, -0.1) is 0 Å². The number of piperazine rings is 1. The van der Waals surface area contributed by atoms with Crippen molar-refractivity contribution in [2.24, 2.45) is 0 Å². The first-order chi connectivity index (χ1) is 14.7. The fraction of sp³-hybridized carbons (Fsp3) is 0.348. The Kier molecular flexibility index (Phi) is 5.97. The first kappa shape index (κ1) is 19.9. The molecule has 1 N–H and O–H groups in total. The molecule has 0 bridgehead atoms. The van der Waals surface area contributed by atoms with Crippen LogP contribution in [-0.2, 0) is 4.74 Å². The predicted octanol–water partition coefficient (Wildman–Crippen LogP) is 4.08. The lowest BCUT2D eigenvalue weighted by Crippen LogP contribution is -2.49. The van der Waals surface area contributed by atoms with E-state index in [4.69, 9.17) is 14.7 Å². The van der Waals surface area contributed by atoms with Crippen molar-refractivity contribution in [1.29, 1.82) is 0 Å². The predicted molar refractivity (Wildman–Crippen MR) is 119 cm³/mol. The van der Waals surface area contributed by atoms with E-state index < -0.39 is 0 Å². The number of anilines is 2. The highest BCUT2D eigenvalue weighted by atomic mass is 16.6. The van der Waals surface area contributed by atoms with Gasteiger partial charge in [-0.2, -0.15) is 4.98 Å². The van der Waals surface area contributed by atoms with Crippen LogP contribution in [0.25, 0.3) is 10.9 Å². The molecule has 1 aliphatic rings. The number of carbonyl (C=O) groups is 1. The summed E-state index contributed by atoms with van der Waals surface area (Å²) >= 11 is 0. The second-order valence-electron chi connectivity index (χ2n) is 7.34. The Bertz CT molecular complexity index is 1000. The molecule has 0 aliphatic carbocycles. The second-order valence-corrected chi connectivity index (χ2v) is 7.34. The third kappa shape index (κ3) is 4.30. The zero-order valence-corrected chi connectivity index (χ0v) is 17.4. The van der Waals surface area contributed by atoms with Gasteiger partial charge in [0.25, 0.3) is 0 Å². The van der Waals surface area contributed by atoms with Crippen LogP contribution in [0.2, 0.25) is 0 Å². The van der Waals surface area contributed by atoms with Gasteiger partial charge in [-0.1, -0.05) is 42.5 Å². The fourth-order valence-corrected chi connectivity index (χ4v) is 3.65. The lowest BCUT2D eigenvalue weighted by atomic mass is 10.1. The zero-order chi connectivity index (χ0) is 20.9. The van der Waals surface area contributed by atoms with E-state index in [1.165, 1.54) is 5.56 Å². The van der Waals surface area contributed by atoms with Crippen LogP contribution in [0.1, 0.15) is 25.5 Å². The average molecular weight is 406 g/mol. The standard InChI is InChI=1S/C23H27N5O2/c1-3-30-23(29)28-15-13-27(14-16-28)22-25-20-12-8-7-11-19(20)21(26-22)24-17(2)18-9-5-4-6-10-18/h4-12,17H,3,13-16H2,1-2H3,(H,24,25,26). The van der Waals surface area contributed by atoms with E-state index in [1.54, 1.807) is 4.90 Å². The van der Waals surface area contributed by atoms with Gasteiger partial charge in [0.1, 0.15) is 5.82 Å². The minimum atomic E-state index is -0.254. The van der Waals surface area contributed by atoms with Crippen molar-refractivity contribution in [3.63, 3.8) is 0 Å². The molecule has 2 heterocycles. The minimum Gasteiger partial charge on any atom is -0.450 e. The van der Waals surface area contributed by atoms with Crippen LogP contribution in [0, 0.1) is 0 Å². The highest BCUT2D eigenvalue weighted by Gasteiger charge is 2.24. The maximum absolute atomic E-state index is 12.0. The number of para-hydroxylation sites is 1. The summed E-state index contributed by atoms with van der Waals surface area (Å²) in [4.78, 5) is 25.5. The molecule has 1 atom stereocenters. The molecule has 4 rings (SSSR count). The van der Waals surface area contributed by atoms with Gasteiger partial charge in [-0.05, 0) is 31.5 Å². The van der Waals surface area contributed by atoms with E-state index in [-0.39, 0.29) is 12.1 Å². The summed E-state index contributed by atoms with van der Waals surface area (Å²) in [6, 6.07) is 18.5. The Morgan fingerprint density at radius 2 is 1.73 bits per heavy atom. The lowest BCUT2D eigenvalue weighted by molar-refractivity contribution is 0.105. The number of ether oxygens (including phenoxy) is 1. The molecule has 7 nitrogen and oxygen atoms in total. The number of rotatable bonds is 5. The van der Waals surface area contributed by atoms with Gasteiger partial charge in [0.05, 0.1) is 12.1 Å². The number of fused-ring (bicyclic) bond motifs is 1. The molecular weight excluding hydrogens is 378 g/mol. The number of benzene rings is 2. The summed E-state index contributed by atoms with van der Waals surface area (Å²) in [5.74, 6) is 1.50. The molecular formula is C23H27N5O2. The van der Waals surface area contributed by atoms with Gasteiger partial charge >= 0.3 is 6.09 Å². The van der Waals surface area contributed by atoms with Gasteiger partial charge in [-0.3, -0.25) is 0 Å². The van der Waals surface area contributed by atoms with Crippen LogP contribution in [-0.4, -0.2) is 53.7 Å². The topological polar surface area (TPSA) is 70.6 Å². The van der Waals surface area contributed by atoms with Crippen LogP contribution in [0.15, 0.2) is 54.6 Å². The van der Waals surface area contributed by atoms with Gasteiger partial charge in [0.2, 0.25) is 5.95 Å². The maximum Gasteiger partial charge on any atom is 0.409 e. The number of amides is 1. The van der Waals surface area contributed by atoms with Crippen LogP contribution >= 0.6 is 0 Å². The van der Waals surface area contributed by atoms with Crippen LogP contribution in [0.3, 0.4) is 0 Å². The van der Waals surface area contributed by atoms with E-state index in [0.717, 1.165) is 16.7 Å². The Hall–Kier alpha value is -3.35. The number of hydrogen-bond donors (Lipinski definition) is 1. The van der Waals surface area contributed by atoms with Crippen LogP contribution < -0.4 is 10.2 Å². The van der Waals surface area contributed by atoms with Crippen molar-refractivity contribution < 1.29 is 9.53 Å². The van der Waals surface area contributed by atoms with Gasteiger partial charge in [0.15, 0.2) is 0 Å². The molecule has 1 saturated heterocycles. The molecule has 1 fully saturated rings. The summed E-state index contributed by atoms with van der Waals surface area (Å²) in [6.07, 6.45) is -0.254. The highest BCUT2D eigenvalue weighted by molar-refractivity contribution is 5.90. The number of aromatic nitrogens is 2. The van der Waals surface area contributed by atoms with Crippen molar-refractivity contribution in [3.05, 3.63) is 60.2 Å². The van der Waals surface area contributed by atoms with Gasteiger partial charge < -0.3 is 19.9 Å². The van der Waals surface area contributed by atoms with Gasteiger partial charge in [-0.25, -0.2) is 9.78 Å². The largest absolute Gasteiger partial charge is 0.450 e. The smallest absolute Gasteiger partial charge is 0.409 e. The normalized spacial score (nSPS) is 15.1. The number of hydrogen-bond acceptors (Lipinski definition) is 6. The summed E-state index contributed by atoms with van der Waals surface area (Å²) in [6.45, 7) is 6.87. The molecule has 7 heteroatoms. The minimum absolute atomic E-state index is 0.109. The first-order valence-electron chi connectivity index (χ1n) is 10.4. The average Bonchev–Trinajstić information content (AvgIpc) is 2.80. The third-order valence-corrected chi connectivity index (χ3v) is 5.33. The molecule has 0 radical (unpaired) electrons. The van der Waals surface area contributed by atoms with E-state index in [2.05, 4.69) is 29.3 Å². The van der Waals surface area contributed by atoms with Crippen LogP contribution in [0.5, 0.6) is 0 Å². The van der Waals surface area contributed by atoms with Gasteiger partial charge in [0, 0.05) is 37.6 Å². The summed E-state index contributed by atoms with van der Waals surface area (Å²) < 4.78 is 5.11. The zero-order valence-electron chi connectivity index (χ0n) is 17.4. The van der Waals surface area contributed by atoms with Crippen LogP contribution in [0.4, 0.5) is 16.6 Å². The van der Waals surface area contributed by atoms with E-state index in [0.29, 0.717) is 38.7 Å². The van der Waals surface area contributed by atoms with E-state index in [1.807, 2.05) is 49.4 Å². The molecule has 3 aromatic rings. The third-order valence-electron chi connectivity index (χ3n) is 5.33. The van der Waals surface area contributed by atoms with Crippen molar-refractivity contribution in [3.8, 4) is 0 Å².